The molecule has 3 aromatic rings. The molecule has 0 amide bonds. The van der Waals surface area contributed by atoms with Crippen molar-refractivity contribution in [1.82, 2.24) is 4.98 Å². The minimum absolute atomic E-state index is 0.0169. The van der Waals surface area contributed by atoms with Crippen LogP contribution >= 0.6 is 46.3 Å². The number of thiazole rings is 1. The van der Waals surface area contributed by atoms with Crippen LogP contribution in [-0.4, -0.2) is 35.6 Å². The third-order valence-electron chi connectivity index (χ3n) is 3.98. The number of anilines is 1. The van der Waals surface area contributed by atoms with E-state index in [0.29, 0.717) is 26.8 Å². The van der Waals surface area contributed by atoms with Crippen molar-refractivity contribution >= 4 is 57.4 Å². The van der Waals surface area contributed by atoms with Gasteiger partial charge in [0, 0.05) is 12.6 Å². The van der Waals surface area contributed by atoms with Gasteiger partial charge in [0.25, 0.3) is 0 Å². The smallest absolute Gasteiger partial charge is 0.325 e. The summed E-state index contributed by atoms with van der Waals surface area (Å²) in [6, 6.07) is 17.7. The number of rotatable bonds is 7. The predicted molar refractivity (Wildman–Crippen MR) is 120 cm³/mol. The molecule has 2 aromatic carbocycles. The lowest BCUT2D eigenvalue weighted by Crippen LogP contribution is -2.26. The fourth-order valence-corrected chi connectivity index (χ4v) is 5.32. The van der Waals surface area contributed by atoms with Gasteiger partial charge >= 0.3 is 9.89 Å². The van der Waals surface area contributed by atoms with Gasteiger partial charge in [0.05, 0.1) is 17.0 Å². The summed E-state index contributed by atoms with van der Waals surface area (Å²) in [4.78, 5) is 17.8. The number of likely N-dealkylation sites (N-methyl/N-ethyl adjacent to an activating group) is 1. The van der Waals surface area contributed by atoms with Crippen molar-refractivity contribution in [2.45, 2.75) is 8.13 Å². The van der Waals surface area contributed by atoms with Crippen LogP contribution < -0.4 is 4.90 Å². The quantitative estimate of drug-likeness (QED) is 0.232. The monoisotopic (exact) mass is 470 g/mol. The Kier molecular flexibility index (Phi) is 7.05. The Labute approximate surface area is 186 Å². The number of thioether (sulfide) groups is 1. The summed E-state index contributed by atoms with van der Waals surface area (Å²) in [5, 5.41) is 0.526. The summed E-state index contributed by atoms with van der Waals surface area (Å²) in [7, 11) is 3.02. The van der Waals surface area contributed by atoms with Crippen LogP contribution in [0.3, 0.4) is 0 Å². The second-order valence-corrected chi connectivity index (χ2v) is 10.2. The molecule has 0 bridgehead atoms. The third kappa shape index (κ3) is 5.85. The molecule has 0 aliphatic carbocycles. The van der Waals surface area contributed by atoms with Gasteiger partial charge in [-0.2, -0.15) is 4.39 Å². The number of aromatic nitrogens is 1. The lowest BCUT2D eigenvalue weighted by atomic mass is 10.0. The largest absolute Gasteiger partial charge is 0.468 e. The van der Waals surface area contributed by atoms with Crippen LogP contribution in [0.15, 0.2) is 58.8 Å². The van der Waals surface area contributed by atoms with E-state index in [4.69, 9.17) is 23.2 Å². The average Bonchev–Trinajstić information content (AvgIpc) is 3.10. The Morgan fingerprint density at radius 2 is 1.72 bits per heavy atom. The number of esters is 1. The number of carbonyl (C=O) groups is 1. The first-order valence-electron chi connectivity index (χ1n) is 8.47. The van der Waals surface area contributed by atoms with E-state index in [1.807, 2.05) is 54.6 Å². The first-order valence-corrected chi connectivity index (χ1v) is 10.9. The van der Waals surface area contributed by atoms with E-state index < -0.39 is 9.89 Å². The lowest BCUT2D eigenvalue weighted by Gasteiger charge is -2.13. The van der Waals surface area contributed by atoms with Gasteiger partial charge in [0.1, 0.15) is 6.54 Å². The van der Waals surface area contributed by atoms with E-state index in [2.05, 4.69) is 9.72 Å². The zero-order valence-corrected chi connectivity index (χ0v) is 18.7. The fraction of sp³-hybridized carbons (Fsp3) is 0.200. The zero-order chi connectivity index (χ0) is 21.0. The second-order valence-electron chi connectivity index (χ2n) is 6.06. The molecule has 1 aromatic heterocycles. The van der Waals surface area contributed by atoms with Crippen LogP contribution in [0, 0.1) is 0 Å². The van der Waals surface area contributed by atoms with E-state index in [-0.39, 0.29) is 6.54 Å². The number of alkyl halides is 3. The van der Waals surface area contributed by atoms with E-state index >= 15 is 0 Å². The van der Waals surface area contributed by atoms with Crippen molar-refractivity contribution in [3.63, 3.8) is 0 Å². The van der Waals surface area contributed by atoms with Gasteiger partial charge in [-0.15, -0.1) is 0 Å². The Morgan fingerprint density at radius 3 is 2.31 bits per heavy atom. The van der Waals surface area contributed by atoms with Crippen LogP contribution in [0.4, 0.5) is 9.52 Å². The summed E-state index contributed by atoms with van der Waals surface area (Å²) < 4.78 is 16.6. The van der Waals surface area contributed by atoms with Gasteiger partial charge in [-0.1, -0.05) is 89.1 Å². The molecule has 0 spiro atoms. The average molecular weight is 471 g/mol. The number of hydrogen-bond donors (Lipinski definition) is 0. The van der Waals surface area contributed by atoms with Crippen molar-refractivity contribution in [2.24, 2.45) is 0 Å². The maximum Gasteiger partial charge on any atom is 0.325 e. The second kappa shape index (κ2) is 9.34. The molecular weight excluding hydrogens is 454 g/mol. The molecule has 1 heterocycles. The number of carbonyl (C=O) groups excluding carboxylic acids is 1. The third-order valence-corrected chi connectivity index (χ3v) is 6.52. The number of hydrogen-bond acceptors (Lipinski definition) is 6. The number of ether oxygens (including phenoxy) is 1. The highest BCUT2D eigenvalue weighted by atomic mass is 35.5. The molecule has 0 saturated carbocycles. The predicted octanol–water partition coefficient (Wildman–Crippen LogP) is 6.24. The normalized spacial score (nSPS) is 11.3. The Hall–Kier alpha value is -1.80. The molecule has 0 radical (unpaired) electrons. The minimum Gasteiger partial charge on any atom is -0.468 e. The van der Waals surface area contributed by atoms with E-state index in [0.717, 1.165) is 16.7 Å². The number of halogens is 3. The molecule has 3 rings (SSSR count). The van der Waals surface area contributed by atoms with E-state index in [1.54, 1.807) is 11.9 Å². The van der Waals surface area contributed by atoms with E-state index in [1.165, 1.54) is 18.4 Å². The van der Waals surface area contributed by atoms with Crippen molar-refractivity contribution in [2.75, 3.05) is 25.6 Å². The summed E-state index contributed by atoms with van der Waals surface area (Å²) >= 11 is 13.0. The molecule has 29 heavy (non-hydrogen) atoms. The highest BCUT2D eigenvalue weighted by Gasteiger charge is 2.29. The van der Waals surface area contributed by atoms with Gasteiger partial charge in [0.15, 0.2) is 5.13 Å². The Bertz CT molecular complexity index is 976. The number of methoxy groups -OCH3 is 1. The minimum atomic E-state index is -2.50. The molecular formula is C20H17Cl2FN2O2S2. The Balaban J connectivity index is 1.95. The van der Waals surface area contributed by atoms with Crippen molar-refractivity contribution in [1.29, 1.82) is 0 Å². The van der Waals surface area contributed by atoms with Crippen LogP contribution in [0.5, 0.6) is 0 Å². The summed E-state index contributed by atoms with van der Waals surface area (Å²) in [6.45, 7) is 0.0169. The van der Waals surface area contributed by atoms with Gasteiger partial charge < -0.3 is 9.64 Å². The summed E-state index contributed by atoms with van der Waals surface area (Å²) in [6.07, 6.45) is 0. The molecule has 0 aliphatic heterocycles. The molecule has 0 atom stereocenters. The molecule has 0 N–H and O–H groups in total. The van der Waals surface area contributed by atoms with Gasteiger partial charge in [-0.25, -0.2) is 4.98 Å². The molecule has 4 nitrogen and oxygen atoms in total. The summed E-state index contributed by atoms with van der Waals surface area (Å²) in [5.41, 5.74) is 3.49. The SMILES string of the molecule is COC(=O)CN(C)c1nc(-c2ccc(-c3ccccc3)cc2)c(SC(F)(Cl)Cl)s1. The molecule has 0 fully saturated rings. The standard InChI is InChI=1S/C20H17Cl2FN2O2S2/c1-25(12-16(26)27-2)19-24-17(18(28-19)29-20(21,22)23)15-10-8-14(9-11-15)13-6-4-3-5-7-13/h3-11H,12H2,1-2H3. The molecule has 9 heteroatoms. The molecule has 0 aliphatic rings. The van der Waals surface area contributed by atoms with Gasteiger partial charge in [0.2, 0.25) is 0 Å². The van der Waals surface area contributed by atoms with Crippen molar-refractivity contribution < 1.29 is 13.9 Å². The first-order chi connectivity index (χ1) is 13.8. The van der Waals surface area contributed by atoms with Crippen molar-refractivity contribution in [3.8, 4) is 22.4 Å². The maximum atomic E-state index is 13.9. The highest BCUT2D eigenvalue weighted by Crippen LogP contribution is 2.49. The Morgan fingerprint density at radius 1 is 1.14 bits per heavy atom. The number of benzene rings is 2. The van der Waals surface area contributed by atoms with Gasteiger partial charge in [-0.05, 0) is 22.9 Å². The van der Waals surface area contributed by atoms with E-state index in [9.17, 15) is 9.18 Å². The summed E-state index contributed by atoms with van der Waals surface area (Å²) in [5.74, 6) is -0.403. The van der Waals surface area contributed by atoms with Crippen LogP contribution in [0.25, 0.3) is 22.4 Å². The first kappa shape index (κ1) is 21.9. The maximum absolute atomic E-state index is 13.9. The molecule has 0 unspecified atom stereocenters. The van der Waals surface area contributed by atoms with Crippen molar-refractivity contribution in [3.05, 3.63) is 54.6 Å². The zero-order valence-electron chi connectivity index (χ0n) is 15.6. The lowest BCUT2D eigenvalue weighted by molar-refractivity contribution is -0.138. The van der Waals surface area contributed by atoms with Gasteiger partial charge in [-0.3, -0.25) is 4.79 Å². The molecule has 152 valence electrons. The number of nitrogens with zero attached hydrogens (tertiary/aromatic N) is 2. The highest BCUT2D eigenvalue weighted by molar-refractivity contribution is 8.04. The van der Waals surface area contributed by atoms with Crippen LogP contribution in [-0.2, 0) is 9.53 Å². The topological polar surface area (TPSA) is 42.4 Å². The van der Waals surface area contributed by atoms with Crippen LogP contribution in [0.1, 0.15) is 0 Å². The fourth-order valence-electron chi connectivity index (χ4n) is 2.59. The molecule has 0 saturated heterocycles. The van der Waals surface area contributed by atoms with Crippen LogP contribution in [0.2, 0.25) is 0 Å².